The summed E-state index contributed by atoms with van der Waals surface area (Å²) in [5.74, 6) is -0.921. The number of esters is 1. The van der Waals surface area contributed by atoms with E-state index in [1.807, 2.05) is 60.8 Å². The Morgan fingerprint density at radius 2 is 2.00 bits per heavy atom. The predicted molar refractivity (Wildman–Crippen MR) is 116 cm³/mol. The van der Waals surface area contributed by atoms with E-state index < -0.39 is 18.0 Å². The summed E-state index contributed by atoms with van der Waals surface area (Å²) in [5, 5.41) is 5.90. The quantitative estimate of drug-likeness (QED) is 0.445. The van der Waals surface area contributed by atoms with Crippen LogP contribution >= 0.6 is 11.3 Å². The Kier molecular flexibility index (Phi) is 5.63. The molecule has 0 saturated heterocycles. The van der Waals surface area contributed by atoms with Gasteiger partial charge < -0.3 is 9.15 Å². The van der Waals surface area contributed by atoms with Gasteiger partial charge in [-0.3, -0.25) is 14.9 Å². The molecule has 2 aromatic carbocycles. The first-order valence-electron chi connectivity index (χ1n) is 9.47. The van der Waals surface area contributed by atoms with Crippen molar-refractivity contribution in [3.8, 4) is 11.3 Å². The second-order valence-corrected chi connectivity index (χ2v) is 7.82. The average molecular weight is 420 g/mol. The second-order valence-electron chi connectivity index (χ2n) is 6.96. The molecule has 0 aliphatic heterocycles. The molecule has 6 nitrogen and oxygen atoms in total. The van der Waals surface area contributed by atoms with Crippen LogP contribution in [-0.2, 0) is 20.7 Å². The number of rotatable bonds is 6. The minimum absolute atomic E-state index is 0.0308. The molecule has 0 fully saturated rings. The number of carbonyl (C=O) groups is 2. The molecular weight excluding hydrogens is 400 g/mol. The van der Waals surface area contributed by atoms with E-state index in [0.29, 0.717) is 5.13 Å². The average Bonchev–Trinajstić information content (AvgIpc) is 3.35. The van der Waals surface area contributed by atoms with Crippen LogP contribution in [0.25, 0.3) is 22.2 Å². The number of aryl methyl sites for hydroxylation is 1. The van der Waals surface area contributed by atoms with Crippen LogP contribution < -0.4 is 5.32 Å². The molecule has 30 heavy (non-hydrogen) atoms. The van der Waals surface area contributed by atoms with E-state index in [1.54, 1.807) is 6.26 Å². The molecule has 0 radical (unpaired) electrons. The van der Waals surface area contributed by atoms with Crippen molar-refractivity contribution in [2.75, 3.05) is 5.32 Å². The number of furan rings is 1. The fourth-order valence-electron chi connectivity index (χ4n) is 3.05. The summed E-state index contributed by atoms with van der Waals surface area (Å²) >= 11 is 1.32. The molecule has 2 aromatic heterocycles. The molecule has 0 saturated carbocycles. The maximum Gasteiger partial charge on any atom is 0.311 e. The summed E-state index contributed by atoms with van der Waals surface area (Å²) in [6.45, 7) is 3.51. The van der Waals surface area contributed by atoms with Crippen LogP contribution in [0, 0.1) is 6.92 Å². The van der Waals surface area contributed by atoms with Crippen LogP contribution in [0.4, 0.5) is 5.13 Å². The third-order valence-electron chi connectivity index (χ3n) is 4.63. The molecule has 1 amide bonds. The first-order chi connectivity index (χ1) is 14.5. The van der Waals surface area contributed by atoms with Crippen molar-refractivity contribution in [2.45, 2.75) is 26.4 Å². The maximum atomic E-state index is 12.4. The number of nitrogens with zero attached hydrogens (tertiary/aromatic N) is 1. The number of carbonyl (C=O) groups excluding carboxylic acids is 2. The number of thiazole rings is 1. The largest absolute Gasteiger partial charge is 0.464 e. The molecule has 1 N–H and O–H groups in total. The Bertz CT molecular complexity index is 1200. The summed E-state index contributed by atoms with van der Waals surface area (Å²) in [6.07, 6.45) is 0.641. The minimum Gasteiger partial charge on any atom is -0.464 e. The Balaban J connectivity index is 1.35. The standard InChI is InChI=1S/C23H20N2O4S/c1-14-8-9-18-17(12-28-20(18)10-14)11-21(26)29-15(2)22(27)25-23-24-19(13-30-23)16-6-4-3-5-7-16/h3-10,12-13,15H,11H2,1-2H3,(H,24,25,27)/t15-/m0/s1. The number of fused-ring (bicyclic) bond motifs is 1. The highest BCUT2D eigenvalue weighted by atomic mass is 32.1. The van der Waals surface area contributed by atoms with E-state index in [9.17, 15) is 9.59 Å². The van der Waals surface area contributed by atoms with Crippen LogP contribution in [0.5, 0.6) is 0 Å². The molecule has 0 aliphatic carbocycles. The normalized spacial score (nSPS) is 11.9. The number of anilines is 1. The lowest BCUT2D eigenvalue weighted by atomic mass is 10.1. The molecule has 152 valence electrons. The number of amides is 1. The zero-order valence-corrected chi connectivity index (χ0v) is 17.4. The molecular formula is C23H20N2O4S. The first-order valence-corrected chi connectivity index (χ1v) is 10.4. The van der Waals surface area contributed by atoms with Gasteiger partial charge in [-0.05, 0) is 25.5 Å². The summed E-state index contributed by atoms with van der Waals surface area (Å²) in [6, 6.07) is 15.5. The minimum atomic E-state index is -0.943. The van der Waals surface area contributed by atoms with E-state index in [4.69, 9.17) is 9.15 Å². The van der Waals surface area contributed by atoms with Crippen LogP contribution in [0.15, 0.2) is 64.6 Å². The number of aromatic nitrogens is 1. The predicted octanol–water partition coefficient (Wildman–Crippen LogP) is 4.98. The summed E-state index contributed by atoms with van der Waals surface area (Å²) in [7, 11) is 0. The van der Waals surface area contributed by atoms with Gasteiger partial charge in [0.15, 0.2) is 11.2 Å². The number of ether oxygens (including phenoxy) is 1. The van der Waals surface area contributed by atoms with Crippen molar-refractivity contribution in [1.29, 1.82) is 0 Å². The van der Waals surface area contributed by atoms with E-state index in [2.05, 4.69) is 10.3 Å². The van der Waals surface area contributed by atoms with Crippen molar-refractivity contribution >= 4 is 39.3 Å². The van der Waals surface area contributed by atoms with Gasteiger partial charge in [0.2, 0.25) is 0 Å². The Hall–Kier alpha value is -3.45. The van der Waals surface area contributed by atoms with Gasteiger partial charge in [0.25, 0.3) is 5.91 Å². The van der Waals surface area contributed by atoms with Gasteiger partial charge in [-0.2, -0.15) is 0 Å². The maximum absolute atomic E-state index is 12.4. The number of benzene rings is 2. The highest BCUT2D eigenvalue weighted by Gasteiger charge is 2.20. The SMILES string of the molecule is Cc1ccc2c(CC(=O)O[C@@H](C)C(=O)Nc3nc(-c4ccccc4)cs3)coc2c1. The van der Waals surface area contributed by atoms with Gasteiger partial charge in [-0.25, -0.2) is 4.98 Å². The molecule has 4 aromatic rings. The molecule has 0 bridgehead atoms. The van der Waals surface area contributed by atoms with Crippen molar-refractivity contribution in [3.05, 3.63) is 71.3 Å². The molecule has 4 rings (SSSR count). The molecule has 2 heterocycles. The lowest BCUT2D eigenvalue weighted by molar-refractivity contribution is -0.152. The van der Waals surface area contributed by atoms with Crippen LogP contribution in [0.1, 0.15) is 18.1 Å². The number of nitrogens with one attached hydrogen (secondary N) is 1. The molecule has 0 spiro atoms. The van der Waals surface area contributed by atoms with Gasteiger partial charge in [0.1, 0.15) is 5.58 Å². The summed E-state index contributed by atoms with van der Waals surface area (Å²) in [5.41, 5.74) is 4.28. The zero-order chi connectivity index (χ0) is 21.1. The Labute approximate surface area is 177 Å². The topological polar surface area (TPSA) is 81.4 Å². The summed E-state index contributed by atoms with van der Waals surface area (Å²) in [4.78, 5) is 29.1. The fraction of sp³-hybridized carbons (Fsp3) is 0.174. The van der Waals surface area contributed by atoms with Gasteiger partial charge in [0.05, 0.1) is 18.4 Å². The van der Waals surface area contributed by atoms with Crippen molar-refractivity contribution in [3.63, 3.8) is 0 Å². The smallest absolute Gasteiger partial charge is 0.311 e. The fourth-order valence-corrected chi connectivity index (χ4v) is 3.78. The van der Waals surface area contributed by atoms with Crippen LogP contribution in [0.2, 0.25) is 0 Å². The van der Waals surface area contributed by atoms with Gasteiger partial charge in [-0.1, -0.05) is 42.5 Å². The van der Waals surface area contributed by atoms with Gasteiger partial charge >= 0.3 is 5.97 Å². The monoisotopic (exact) mass is 420 g/mol. The first kappa shape index (κ1) is 19.8. The Morgan fingerprint density at radius 3 is 2.80 bits per heavy atom. The van der Waals surface area contributed by atoms with E-state index in [1.165, 1.54) is 18.3 Å². The Morgan fingerprint density at radius 1 is 1.20 bits per heavy atom. The van der Waals surface area contributed by atoms with Gasteiger partial charge in [0, 0.05) is 21.9 Å². The van der Waals surface area contributed by atoms with Crippen molar-refractivity contribution in [2.24, 2.45) is 0 Å². The lowest BCUT2D eigenvalue weighted by Crippen LogP contribution is -2.30. The lowest BCUT2D eigenvalue weighted by Gasteiger charge is -2.12. The van der Waals surface area contributed by atoms with Crippen LogP contribution in [-0.4, -0.2) is 23.0 Å². The van der Waals surface area contributed by atoms with E-state index in [-0.39, 0.29) is 6.42 Å². The number of hydrogen-bond donors (Lipinski definition) is 1. The van der Waals surface area contributed by atoms with Crippen molar-refractivity contribution in [1.82, 2.24) is 4.98 Å². The molecule has 0 unspecified atom stereocenters. The van der Waals surface area contributed by atoms with Gasteiger partial charge in [-0.15, -0.1) is 11.3 Å². The highest BCUT2D eigenvalue weighted by Crippen LogP contribution is 2.25. The third-order valence-corrected chi connectivity index (χ3v) is 5.39. The highest BCUT2D eigenvalue weighted by molar-refractivity contribution is 7.14. The zero-order valence-electron chi connectivity index (χ0n) is 16.5. The second kappa shape index (κ2) is 8.51. The molecule has 0 aliphatic rings. The number of hydrogen-bond acceptors (Lipinski definition) is 6. The molecule has 1 atom stereocenters. The molecule has 7 heteroatoms. The van der Waals surface area contributed by atoms with E-state index in [0.717, 1.165) is 33.4 Å². The third kappa shape index (κ3) is 4.41. The van der Waals surface area contributed by atoms with Crippen LogP contribution in [0.3, 0.4) is 0 Å². The van der Waals surface area contributed by atoms with E-state index >= 15 is 0 Å². The summed E-state index contributed by atoms with van der Waals surface area (Å²) < 4.78 is 10.8. The van der Waals surface area contributed by atoms with Crippen molar-refractivity contribution < 1.29 is 18.7 Å².